The van der Waals surface area contributed by atoms with Gasteiger partial charge in [0.15, 0.2) is 0 Å². The maximum Gasteiger partial charge on any atom is 0.315 e. The summed E-state index contributed by atoms with van der Waals surface area (Å²) in [5.41, 5.74) is 1.18. The van der Waals surface area contributed by atoms with E-state index in [2.05, 4.69) is 15.6 Å². The third-order valence-corrected chi connectivity index (χ3v) is 3.46. The maximum atomic E-state index is 14.2. The highest BCUT2D eigenvalue weighted by molar-refractivity contribution is 5.74. The molecule has 1 aromatic heterocycles. The van der Waals surface area contributed by atoms with Crippen LogP contribution in [0.5, 0.6) is 0 Å². The highest BCUT2D eigenvalue weighted by Gasteiger charge is 2.22. The maximum absolute atomic E-state index is 14.2. The van der Waals surface area contributed by atoms with Crippen LogP contribution in [0.1, 0.15) is 24.2 Å². The zero-order valence-corrected chi connectivity index (χ0v) is 11.8. The molecule has 5 nitrogen and oxygen atoms in total. The summed E-state index contributed by atoms with van der Waals surface area (Å²) in [6.07, 6.45) is 5.43. The molecule has 6 heteroatoms. The van der Waals surface area contributed by atoms with Crippen molar-refractivity contribution in [3.63, 3.8) is 0 Å². The molecule has 0 saturated heterocycles. The lowest BCUT2D eigenvalue weighted by atomic mass is 10.2. The van der Waals surface area contributed by atoms with Gasteiger partial charge in [-0.05, 0) is 37.5 Å². The first kappa shape index (κ1) is 13.6. The van der Waals surface area contributed by atoms with E-state index in [1.807, 2.05) is 6.92 Å². The summed E-state index contributed by atoms with van der Waals surface area (Å²) in [6.45, 7) is 2.12. The fourth-order valence-corrected chi connectivity index (χ4v) is 2.13. The largest absolute Gasteiger partial charge is 0.335 e. The lowest BCUT2D eigenvalue weighted by Gasteiger charge is -2.10. The third-order valence-electron chi connectivity index (χ3n) is 3.46. The van der Waals surface area contributed by atoms with Gasteiger partial charge in [-0.15, -0.1) is 0 Å². The SMILES string of the molecule is Cc1nccn1-c1ccc(CNC(=O)NC2CC2)cc1F. The lowest BCUT2D eigenvalue weighted by molar-refractivity contribution is 0.240. The van der Waals surface area contributed by atoms with E-state index in [1.165, 1.54) is 6.07 Å². The van der Waals surface area contributed by atoms with E-state index in [0.29, 0.717) is 18.3 Å². The average molecular weight is 288 g/mol. The minimum atomic E-state index is -0.335. The van der Waals surface area contributed by atoms with E-state index < -0.39 is 0 Å². The van der Waals surface area contributed by atoms with Gasteiger partial charge in [-0.1, -0.05) is 6.07 Å². The molecular weight excluding hydrogens is 271 g/mol. The Balaban J connectivity index is 1.66. The number of nitrogens with zero attached hydrogens (tertiary/aromatic N) is 2. The number of imidazole rings is 1. The second-order valence-electron chi connectivity index (χ2n) is 5.23. The molecule has 110 valence electrons. The molecule has 1 aliphatic rings. The standard InChI is InChI=1S/C15H17FN4O/c1-10-17-6-7-20(10)14-5-2-11(8-13(14)16)9-18-15(21)19-12-3-4-12/h2,5-8,12H,3-4,9H2,1H3,(H2,18,19,21). The van der Waals surface area contributed by atoms with E-state index in [4.69, 9.17) is 0 Å². The molecule has 1 heterocycles. The van der Waals surface area contributed by atoms with Gasteiger partial charge in [-0.25, -0.2) is 14.2 Å². The number of benzene rings is 1. The Morgan fingerprint density at radius 2 is 2.29 bits per heavy atom. The molecule has 3 rings (SSSR count). The Hall–Kier alpha value is -2.37. The Morgan fingerprint density at radius 3 is 2.90 bits per heavy atom. The van der Waals surface area contributed by atoms with Crippen molar-refractivity contribution < 1.29 is 9.18 Å². The van der Waals surface area contributed by atoms with Gasteiger partial charge in [0.2, 0.25) is 0 Å². The summed E-state index contributed by atoms with van der Waals surface area (Å²) in [6, 6.07) is 5.04. The molecule has 1 saturated carbocycles. The number of aryl methyl sites for hydroxylation is 1. The Bertz CT molecular complexity index is 663. The fraction of sp³-hybridized carbons (Fsp3) is 0.333. The van der Waals surface area contributed by atoms with E-state index in [1.54, 1.807) is 29.1 Å². The highest BCUT2D eigenvalue weighted by Crippen LogP contribution is 2.18. The molecule has 1 aliphatic carbocycles. The topological polar surface area (TPSA) is 59.0 Å². The molecule has 0 aliphatic heterocycles. The van der Waals surface area contributed by atoms with Crippen LogP contribution in [-0.4, -0.2) is 21.6 Å². The number of aromatic nitrogens is 2. The van der Waals surface area contributed by atoms with Crippen molar-refractivity contribution in [1.29, 1.82) is 0 Å². The van der Waals surface area contributed by atoms with Gasteiger partial charge in [0, 0.05) is 25.0 Å². The zero-order valence-electron chi connectivity index (χ0n) is 11.8. The van der Waals surface area contributed by atoms with E-state index in [9.17, 15) is 9.18 Å². The van der Waals surface area contributed by atoms with Crippen molar-refractivity contribution in [2.24, 2.45) is 0 Å². The quantitative estimate of drug-likeness (QED) is 0.906. The average Bonchev–Trinajstić information content (AvgIpc) is 3.17. The normalized spacial score (nSPS) is 14.0. The van der Waals surface area contributed by atoms with Gasteiger partial charge in [0.05, 0.1) is 5.69 Å². The van der Waals surface area contributed by atoms with Crippen LogP contribution in [0.4, 0.5) is 9.18 Å². The zero-order chi connectivity index (χ0) is 14.8. The Kier molecular flexibility index (Phi) is 3.60. The van der Waals surface area contributed by atoms with Crippen molar-refractivity contribution in [2.75, 3.05) is 0 Å². The van der Waals surface area contributed by atoms with Gasteiger partial charge in [0.1, 0.15) is 11.6 Å². The van der Waals surface area contributed by atoms with Crippen LogP contribution < -0.4 is 10.6 Å². The Morgan fingerprint density at radius 1 is 1.48 bits per heavy atom. The summed E-state index contributed by atoms with van der Waals surface area (Å²) in [4.78, 5) is 15.6. The van der Waals surface area contributed by atoms with Crippen molar-refractivity contribution in [3.05, 3.63) is 47.8 Å². The minimum absolute atomic E-state index is 0.201. The molecule has 0 atom stereocenters. The van der Waals surface area contributed by atoms with Crippen LogP contribution in [0.15, 0.2) is 30.6 Å². The van der Waals surface area contributed by atoms with Gasteiger partial charge < -0.3 is 15.2 Å². The van der Waals surface area contributed by atoms with Crippen LogP contribution in [0, 0.1) is 12.7 Å². The molecule has 0 spiro atoms. The lowest BCUT2D eigenvalue weighted by Crippen LogP contribution is -2.36. The first-order chi connectivity index (χ1) is 10.1. The summed E-state index contributed by atoms with van der Waals surface area (Å²) >= 11 is 0. The van der Waals surface area contributed by atoms with Crippen LogP contribution >= 0.6 is 0 Å². The molecule has 1 fully saturated rings. The Labute approximate surface area is 122 Å². The number of rotatable bonds is 4. The molecule has 21 heavy (non-hydrogen) atoms. The van der Waals surface area contributed by atoms with Crippen LogP contribution in [0.2, 0.25) is 0 Å². The summed E-state index contributed by atoms with van der Waals surface area (Å²) in [5.74, 6) is 0.390. The molecule has 0 radical (unpaired) electrons. The highest BCUT2D eigenvalue weighted by atomic mass is 19.1. The second kappa shape index (κ2) is 5.55. The fourth-order valence-electron chi connectivity index (χ4n) is 2.13. The number of hydrogen-bond donors (Lipinski definition) is 2. The molecule has 2 N–H and O–H groups in total. The van der Waals surface area contributed by atoms with Gasteiger partial charge in [0.25, 0.3) is 0 Å². The number of amides is 2. The van der Waals surface area contributed by atoms with Gasteiger partial charge in [-0.2, -0.15) is 0 Å². The van der Waals surface area contributed by atoms with E-state index >= 15 is 0 Å². The van der Waals surface area contributed by atoms with Crippen molar-refractivity contribution >= 4 is 6.03 Å². The molecule has 2 aromatic rings. The second-order valence-corrected chi connectivity index (χ2v) is 5.23. The number of hydrogen-bond acceptors (Lipinski definition) is 2. The van der Waals surface area contributed by atoms with Crippen LogP contribution in [0.3, 0.4) is 0 Å². The van der Waals surface area contributed by atoms with Crippen molar-refractivity contribution in [3.8, 4) is 5.69 Å². The van der Waals surface area contributed by atoms with Crippen molar-refractivity contribution in [1.82, 2.24) is 20.2 Å². The first-order valence-corrected chi connectivity index (χ1v) is 6.96. The van der Waals surface area contributed by atoms with Crippen LogP contribution in [0.25, 0.3) is 5.69 Å². The summed E-state index contributed by atoms with van der Waals surface area (Å²) < 4.78 is 15.8. The predicted molar refractivity (Wildman–Crippen MR) is 76.7 cm³/mol. The molecule has 2 amide bonds. The predicted octanol–water partition coefficient (Wildman–Crippen LogP) is 2.28. The molecule has 0 bridgehead atoms. The summed E-state index contributed by atoms with van der Waals surface area (Å²) in [5, 5.41) is 5.55. The summed E-state index contributed by atoms with van der Waals surface area (Å²) in [7, 11) is 0. The molecule has 1 aromatic carbocycles. The number of nitrogens with one attached hydrogen (secondary N) is 2. The number of carbonyl (C=O) groups excluding carboxylic acids is 1. The number of urea groups is 1. The molecular formula is C15H17FN4O. The van der Waals surface area contributed by atoms with Crippen molar-refractivity contribution in [2.45, 2.75) is 32.4 Å². The minimum Gasteiger partial charge on any atom is -0.335 e. The van der Waals surface area contributed by atoms with Gasteiger partial charge >= 0.3 is 6.03 Å². The number of carbonyl (C=O) groups is 1. The van der Waals surface area contributed by atoms with E-state index in [0.717, 1.165) is 24.2 Å². The molecule has 0 unspecified atom stereocenters. The van der Waals surface area contributed by atoms with Crippen LogP contribution in [-0.2, 0) is 6.54 Å². The first-order valence-electron chi connectivity index (χ1n) is 6.96. The monoisotopic (exact) mass is 288 g/mol. The van der Waals surface area contributed by atoms with E-state index in [-0.39, 0.29) is 11.8 Å². The third kappa shape index (κ3) is 3.21. The van der Waals surface area contributed by atoms with Gasteiger partial charge in [-0.3, -0.25) is 0 Å². The number of halogens is 1. The smallest absolute Gasteiger partial charge is 0.315 e.